The number of rotatable bonds is 12. The van der Waals surface area contributed by atoms with Crippen LogP contribution in [0.15, 0.2) is 77.1 Å². The molecule has 0 atom stereocenters. The molecule has 0 aliphatic rings. The van der Waals surface area contributed by atoms with Crippen LogP contribution < -0.4 is 10.8 Å². The fourth-order valence-electron chi connectivity index (χ4n) is 2.22. The number of hydroxylamine groups is 1. The van der Waals surface area contributed by atoms with E-state index >= 15 is 0 Å². The highest BCUT2D eigenvalue weighted by Gasteiger charge is 2.03. The summed E-state index contributed by atoms with van der Waals surface area (Å²) in [5, 5.41) is 14.0. The summed E-state index contributed by atoms with van der Waals surface area (Å²) < 4.78 is 0. The average Bonchev–Trinajstić information content (AvgIpc) is 2.71. The Kier molecular flexibility index (Phi) is 12.4. The van der Waals surface area contributed by atoms with E-state index in [0.717, 1.165) is 35.6 Å². The second kappa shape index (κ2) is 14.7. The summed E-state index contributed by atoms with van der Waals surface area (Å²) >= 11 is 1.47. The summed E-state index contributed by atoms with van der Waals surface area (Å²) in [6.45, 7) is 9.62. The minimum absolute atomic E-state index is 0.171. The Bertz CT molecular complexity index is 731. The van der Waals surface area contributed by atoms with Gasteiger partial charge in [0, 0.05) is 6.54 Å². The monoisotopic (exact) mass is 398 g/mol. The first-order valence-corrected chi connectivity index (χ1v) is 10.1. The van der Waals surface area contributed by atoms with E-state index in [2.05, 4.69) is 36.2 Å². The summed E-state index contributed by atoms with van der Waals surface area (Å²) in [5.74, 6) is -0.414. The second-order valence-electron chi connectivity index (χ2n) is 6.10. The molecule has 0 fully saturated rings. The second-order valence-corrected chi connectivity index (χ2v) is 7.13. The minimum Gasteiger partial charge on any atom is -0.312 e. The van der Waals surface area contributed by atoms with Gasteiger partial charge in [-0.3, -0.25) is 10.0 Å². The van der Waals surface area contributed by atoms with Crippen molar-refractivity contribution in [3.8, 4) is 0 Å². The lowest BCUT2D eigenvalue weighted by molar-refractivity contribution is -0.128. The quantitative estimate of drug-likeness (QED) is 0.192. The summed E-state index contributed by atoms with van der Waals surface area (Å²) in [6.07, 6.45) is 13.0. The van der Waals surface area contributed by atoms with Gasteiger partial charge in [-0.2, -0.15) is 0 Å². The van der Waals surface area contributed by atoms with Crippen molar-refractivity contribution >= 4 is 23.7 Å². The molecule has 0 radical (unpaired) electrons. The van der Waals surface area contributed by atoms with Crippen molar-refractivity contribution in [2.45, 2.75) is 33.2 Å². The zero-order valence-electron chi connectivity index (χ0n) is 16.7. The average molecular weight is 399 g/mol. The van der Waals surface area contributed by atoms with Crippen molar-refractivity contribution in [1.29, 1.82) is 0 Å². The van der Waals surface area contributed by atoms with Crippen LogP contribution in [-0.2, 0) is 11.3 Å². The molecule has 5 heteroatoms. The number of amides is 1. The number of nitrogens with one attached hydrogen (secondary N) is 2. The first kappa shape index (κ1) is 23.7. The van der Waals surface area contributed by atoms with Crippen LogP contribution in [0.1, 0.15) is 37.8 Å². The number of hydrogen-bond acceptors (Lipinski definition) is 4. The minimum atomic E-state index is -0.414. The summed E-state index contributed by atoms with van der Waals surface area (Å²) in [5.41, 5.74) is 5.09. The molecule has 1 rings (SSSR count). The molecule has 150 valence electrons. The lowest BCUT2D eigenvalue weighted by atomic mass is 10.1. The number of allylic oxidation sites excluding steroid dienone is 5. The largest absolute Gasteiger partial charge is 0.312 e. The zero-order valence-corrected chi connectivity index (χ0v) is 17.5. The van der Waals surface area contributed by atoms with Crippen LogP contribution in [-0.4, -0.2) is 17.7 Å². The third-order valence-corrected chi connectivity index (χ3v) is 4.78. The molecule has 0 saturated carbocycles. The zero-order chi connectivity index (χ0) is 20.6. The van der Waals surface area contributed by atoms with Gasteiger partial charge in [0.05, 0.1) is 6.42 Å². The van der Waals surface area contributed by atoms with Crippen LogP contribution in [0.3, 0.4) is 0 Å². The van der Waals surface area contributed by atoms with Gasteiger partial charge in [0.25, 0.3) is 0 Å². The van der Waals surface area contributed by atoms with Crippen molar-refractivity contribution in [1.82, 2.24) is 10.8 Å². The standard InChI is InChI=1S/C23H30N2O2S/c1-4-6-7-8-19(3)13-15-24-18-21-11-9-20(10-12-21)14-16-28-22(5-2)17-23(26)25-27/h4-12,14,16,24,27H,3,13,15,17-18H2,1-2H3,(H,25,26)/b6-4-,8-7-,16-14+,22-5-. The van der Waals surface area contributed by atoms with Crippen molar-refractivity contribution in [3.05, 3.63) is 88.2 Å². The molecule has 0 spiro atoms. The number of carbonyl (C=O) groups excluding carboxylic acids is 1. The maximum absolute atomic E-state index is 11.2. The first-order chi connectivity index (χ1) is 13.6. The Balaban J connectivity index is 2.37. The molecule has 0 bridgehead atoms. The van der Waals surface area contributed by atoms with Crippen molar-refractivity contribution in [2.75, 3.05) is 6.54 Å². The topological polar surface area (TPSA) is 61.4 Å². The maximum atomic E-state index is 11.2. The summed E-state index contributed by atoms with van der Waals surface area (Å²) in [6, 6.07) is 8.35. The van der Waals surface area contributed by atoms with Gasteiger partial charge in [0.15, 0.2) is 0 Å². The molecule has 1 aromatic carbocycles. The van der Waals surface area contributed by atoms with E-state index in [1.807, 2.05) is 55.7 Å². The highest BCUT2D eigenvalue weighted by Crippen LogP contribution is 2.21. The van der Waals surface area contributed by atoms with Gasteiger partial charge in [-0.25, -0.2) is 5.48 Å². The molecule has 3 N–H and O–H groups in total. The molecule has 0 aliphatic carbocycles. The normalized spacial score (nSPS) is 12.3. The van der Waals surface area contributed by atoms with Crippen LogP contribution >= 0.6 is 11.8 Å². The van der Waals surface area contributed by atoms with Gasteiger partial charge in [-0.1, -0.05) is 66.8 Å². The SMILES string of the molecule is C=C(/C=C\C=C/C)CCNCc1ccc(/C=C/S/C(=C\C)CC(=O)NO)cc1. The van der Waals surface area contributed by atoms with Gasteiger partial charge in [0.1, 0.15) is 0 Å². The van der Waals surface area contributed by atoms with E-state index in [1.165, 1.54) is 17.3 Å². The smallest absolute Gasteiger partial charge is 0.248 e. The molecule has 28 heavy (non-hydrogen) atoms. The fourth-order valence-corrected chi connectivity index (χ4v) is 2.97. The van der Waals surface area contributed by atoms with Crippen molar-refractivity contribution in [3.63, 3.8) is 0 Å². The Labute approximate surface area is 172 Å². The van der Waals surface area contributed by atoms with Crippen LogP contribution in [0, 0.1) is 0 Å². The molecule has 0 saturated heterocycles. The number of benzene rings is 1. The maximum Gasteiger partial charge on any atom is 0.248 e. The Morgan fingerprint density at radius 1 is 1.21 bits per heavy atom. The summed E-state index contributed by atoms with van der Waals surface area (Å²) in [7, 11) is 0. The van der Waals surface area contributed by atoms with E-state index < -0.39 is 5.91 Å². The van der Waals surface area contributed by atoms with E-state index in [0.29, 0.717) is 0 Å². The van der Waals surface area contributed by atoms with E-state index in [4.69, 9.17) is 5.21 Å². The Morgan fingerprint density at radius 2 is 1.96 bits per heavy atom. The van der Waals surface area contributed by atoms with Crippen LogP contribution in [0.2, 0.25) is 0 Å². The molecule has 0 heterocycles. The highest BCUT2D eigenvalue weighted by molar-refractivity contribution is 8.06. The van der Waals surface area contributed by atoms with Gasteiger partial charge in [0.2, 0.25) is 5.91 Å². The van der Waals surface area contributed by atoms with Gasteiger partial charge < -0.3 is 5.32 Å². The predicted octanol–water partition coefficient (Wildman–Crippen LogP) is 5.36. The van der Waals surface area contributed by atoms with Crippen LogP contribution in [0.5, 0.6) is 0 Å². The first-order valence-electron chi connectivity index (χ1n) is 9.27. The lowest BCUT2D eigenvalue weighted by Gasteiger charge is -2.06. The van der Waals surface area contributed by atoms with Crippen molar-refractivity contribution < 1.29 is 10.0 Å². The fraction of sp³-hybridized carbons (Fsp3) is 0.261. The number of carbonyl (C=O) groups is 1. The predicted molar refractivity (Wildman–Crippen MR) is 121 cm³/mol. The number of thioether (sulfide) groups is 1. The van der Waals surface area contributed by atoms with Gasteiger partial charge >= 0.3 is 0 Å². The highest BCUT2D eigenvalue weighted by atomic mass is 32.2. The molecule has 0 unspecified atom stereocenters. The molecular weight excluding hydrogens is 368 g/mol. The molecule has 4 nitrogen and oxygen atoms in total. The molecule has 0 aromatic heterocycles. The van der Waals surface area contributed by atoms with Gasteiger partial charge in [-0.05, 0) is 54.3 Å². The Hall–Kier alpha value is -2.34. The third-order valence-electron chi connectivity index (χ3n) is 3.83. The molecule has 1 aromatic rings. The van der Waals surface area contributed by atoms with E-state index in [-0.39, 0.29) is 6.42 Å². The molecule has 1 amide bonds. The van der Waals surface area contributed by atoms with Gasteiger partial charge in [-0.15, -0.1) is 11.8 Å². The Morgan fingerprint density at radius 3 is 2.61 bits per heavy atom. The van der Waals surface area contributed by atoms with E-state index in [1.54, 1.807) is 5.48 Å². The van der Waals surface area contributed by atoms with E-state index in [9.17, 15) is 4.79 Å². The third kappa shape index (κ3) is 10.7. The van der Waals surface area contributed by atoms with Crippen LogP contribution in [0.4, 0.5) is 0 Å². The summed E-state index contributed by atoms with van der Waals surface area (Å²) in [4.78, 5) is 12.1. The lowest BCUT2D eigenvalue weighted by Crippen LogP contribution is -2.18. The number of hydrogen-bond donors (Lipinski definition) is 3. The molecular formula is C23H30N2O2S. The van der Waals surface area contributed by atoms with Crippen molar-refractivity contribution in [2.24, 2.45) is 0 Å². The molecule has 0 aliphatic heterocycles. The van der Waals surface area contributed by atoms with Crippen LogP contribution in [0.25, 0.3) is 6.08 Å².